The molecule has 2 aromatic carbocycles. The molecule has 6 aromatic rings. The Morgan fingerprint density at radius 2 is 1.38 bits per heavy atom. The van der Waals surface area contributed by atoms with Gasteiger partial charge in [0.05, 0.1) is 31.7 Å². The van der Waals surface area contributed by atoms with Crippen LogP contribution in [-0.2, 0) is 24.9 Å². The molecule has 1 fully saturated rings. The number of hydrogen-bond acceptors (Lipinski definition) is 8. The third kappa shape index (κ3) is 8.76. The maximum atomic E-state index is 13.0. The average molecular weight is 891 g/mol. The number of rotatable bonds is 7. The number of fused-ring (bicyclic) bond motifs is 2. The fourth-order valence-corrected chi connectivity index (χ4v) is 8.40. The van der Waals surface area contributed by atoms with E-state index in [2.05, 4.69) is 38.2 Å². The standard InChI is InChI=1S/C21H20ClN3O4S.C15H10ClIN2O2S/c1-24-12-16(19(27)23-11-13-2-4-14(22)5-3-13)18(26)15-10-17(30-21(15)24)20(28)25-6-8-29-9-7-25;16-9-3-1-8(2-4-9)6-18-14(21)11-7-19-15-10(13(11)20)5-12(17)22-15/h2-5,10,12H,6-9,11H2,1H3,(H,23,27);1-5,7H,6H2,(H,18,21)(H,19,20). The molecule has 0 radical (unpaired) electrons. The molecule has 16 heteroatoms. The maximum absolute atomic E-state index is 13.0. The van der Waals surface area contributed by atoms with Gasteiger partial charge in [-0.25, -0.2) is 0 Å². The summed E-state index contributed by atoms with van der Waals surface area (Å²) in [6, 6.07) is 17.7. The lowest BCUT2D eigenvalue weighted by molar-refractivity contribution is 0.0306. The summed E-state index contributed by atoms with van der Waals surface area (Å²) in [6.07, 6.45) is 2.98. The fourth-order valence-electron chi connectivity index (χ4n) is 5.36. The highest BCUT2D eigenvalue weighted by Crippen LogP contribution is 2.25. The number of aromatic amines is 1. The summed E-state index contributed by atoms with van der Waals surface area (Å²) in [4.78, 5) is 69.6. The number of ether oxygens (including phenoxy) is 1. The lowest BCUT2D eigenvalue weighted by atomic mass is 10.2. The Morgan fingerprint density at radius 1 is 0.827 bits per heavy atom. The van der Waals surface area contributed by atoms with E-state index in [-0.39, 0.29) is 40.3 Å². The van der Waals surface area contributed by atoms with Crippen LogP contribution in [0.3, 0.4) is 0 Å². The molecular formula is C36H30Cl2IN5O6S2. The Hall–Kier alpha value is -4.06. The third-order valence-electron chi connectivity index (χ3n) is 8.11. The number of morpholine rings is 1. The number of aryl methyl sites for hydroxylation is 1. The van der Waals surface area contributed by atoms with Crippen LogP contribution in [0.15, 0.2) is 82.6 Å². The molecule has 11 nitrogen and oxygen atoms in total. The van der Waals surface area contributed by atoms with Gasteiger partial charge in [-0.2, -0.15) is 0 Å². The molecule has 3 N–H and O–H groups in total. The van der Waals surface area contributed by atoms with Crippen molar-refractivity contribution >= 4 is 107 Å². The number of carbonyl (C=O) groups is 3. The lowest BCUT2D eigenvalue weighted by Gasteiger charge is -2.26. The largest absolute Gasteiger partial charge is 0.378 e. The number of hydrogen-bond donors (Lipinski definition) is 3. The number of amides is 3. The van der Waals surface area contributed by atoms with Crippen molar-refractivity contribution in [1.82, 2.24) is 25.1 Å². The summed E-state index contributed by atoms with van der Waals surface area (Å²) >= 11 is 16.6. The minimum Gasteiger partial charge on any atom is -0.378 e. The van der Waals surface area contributed by atoms with Crippen molar-refractivity contribution in [1.29, 1.82) is 0 Å². The van der Waals surface area contributed by atoms with Crippen molar-refractivity contribution in [2.45, 2.75) is 13.1 Å². The molecule has 52 heavy (non-hydrogen) atoms. The first kappa shape index (κ1) is 37.7. The summed E-state index contributed by atoms with van der Waals surface area (Å²) in [5.41, 5.74) is 1.33. The van der Waals surface area contributed by atoms with Gasteiger partial charge in [0.2, 0.25) is 10.9 Å². The zero-order valence-corrected chi connectivity index (χ0v) is 32.8. The molecule has 5 heterocycles. The lowest BCUT2D eigenvalue weighted by Crippen LogP contribution is -2.40. The van der Waals surface area contributed by atoms with Crippen LogP contribution in [0.2, 0.25) is 10.0 Å². The predicted octanol–water partition coefficient (Wildman–Crippen LogP) is 6.43. The Morgan fingerprint density at radius 3 is 1.98 bits per heavy atom. The van der Waals surface area contributed by atoms with E-state index in [9.17, 15) is 24.0 Å². The van der Waals surface area contributed by atoms with Gasteiger partial charge in [0, 0.05) is 55.7 Å². The van der Waals surface area contributed by atoms with E-state index >= 15 is 0 Å². The molecule has 0 bridgehead atoms. The van der Waals surface area contributed by atoms with Crippen LogP contribution >= 0.6 is 68.5 Å². The van der Waals surface area contributed by atoms with E-state index in [0.717, 1.165) is 18.8 Å². The van der Waals surface area contributed by atoms with Crippen LogP contribution in [-0.4, -0.2) is 58.5 Å². The number of thiophene rings is 2. The van der Waals surface area contributed by atoms with Gasteiger partial charge in [0.25, 0.3) is 17.7 Å². The van der Waals surface area contributed by atoms with E-state index in [1.54, 1.807) is 52.9 Å². The zero-order valence-electron chi connectivity index (χ0n) is 27.5. The topological polar surface area (TPSA) is 143 Å². The fraction of sp³-hybridized carbons (Fsp3) is 0.194. The molecule has 1 aliphatic heterocycles. The van der Waals surface area contributed by atoms with E-state index < -0.39 is 5.91 Å². The Balaban J connectivity index is 0.000000187. The summed E-state index contributed by atoms with van der Waals surface area (Å²) in [6.45, 7) is 2.70. The second-order valence-corrected chi connectivity index (χ2v) is 16.5. The average Bonchev–Trinajstić information content (AvgIpc) is 3.78. The van der Waals surface area contributed by atoms with Gasteiger partial charge in [-0.1, -0.05) is 47.5 Å². The highest BCUT2D eigenvalue weighted by Gasteiger charge is 2.23. The number of halogens is 3. The van der Waals surface area contributed by atoms with Gasteiger partial charge in [0.1, 0.15) is 20.8 Å². The van der Waals surface area contributed by atoms with Crippen molar-refractivity contribution in [3.8, 4) is 0 Å². The first-order chi connectivity index (χ1) is 25.0. The molecule has 4 aromatic heterocycles. The van der Waals surface area contributed by atoms with E-state index in [4.69, 9.17) is 27.9 Å². The normalized spacial score (nSPS) is 12.7. The minimum atomic E-state index is -0.459. The zero-order chi connectivity index (χ0) is 36.9. The van der Waals surface area contributed by atoms with Gasteiger partial charge in [-0.3, -0.25) is 24.0 Å². The summed E-state index contributed by atoms with van der Waals surface area (Å²) in [5, 5.41) is 7.69. The van der Waals surface area contributed by atoms with Crippen molar-refractivity contribution < 1.29 is 19.1 Å². The number of nitrogens with one attached hydrogen (secondary N) is 3. The molecular weight excluding hydrogens is 860 g/mol. The van der Waals surface area contributed by atoms with Gasteiger partial charge in [-0.15, -0.1) is 22.7 Å². The second-order valence-electron chi connectivity index (χ2n) is 11.7. The van der Waals surface area contributed by atoms with Gasteiger partial charge >= 0.3 is 0 Å². The monoisotopic (exact) mass is 889 g/mol. The van der Waals surface area contributed by atoms with Crippen LogP contribution in [0.5, 0.6) is 0 Å². The summed E-state index contributed by atoms with van der Waals surface area (Å²) in [5.74, 6) is -0.966. The van der Waals surface area contributed by atoms with Crippen LogP contribution in [0, 0.1) is 2.88 Å². The smallest absolute Gasteiger partial charge is 0.264 e. The molecule has 0 saturated carbocycles. The molecule has 0 aliphatic carbocycles. The minimum absolute atomic E-state index is 0.0436. The molecule has 0 unspecified atom stereocenters. The highest BCUT2D eigenvalue weighted by molar-refractivity contribution is 14.1. The molecule has 0 atom stereocenters. The Kier molecular flexibility index (Phi) is 12.1. The van der Waals surface area contributed by atoms with E-state index in [1.807, 2.05) is 24.3 Å². The van der Waals surface area contributed by atoms with Crippen LogP contribution in [0.25, 0.3) is 20.4 Å². The molecule has 1 saturated heterocycles. The van der Waals surface area contributed by atoms with E-state index in [1.165, 1.54) is 35.1 Å². The van der Waals surface area contributed by atoms with Crippen LogP contribution < -0.4 is 21.5 Å². The van der Waals surface area contributed by atoms with Crippen molar-refractivity contribution in [3.63, 3.8) is 0 Å². The molecule has 7 rings (SSSR count). The van der Waals surface area contributed by atoms with Crippen molar-refractivity contribution in [3.05, 3.63) is 134 Å². The predicted molar refractivity (Wildman–Crippen MR) is 214 cm³/mol. The number of benzene rings is 2. The summed E-state index contributed by atoms with van der Waals surface area (Å²) in [7, 11) is 1.76. The Bertz CT molecular complexity index is 2400. The highest BCUT2D eigenvalue weighted by atomic mass is 127. The first-order valence-corrected chi connectivity index (χ1v) is 19.3. The first-order valence-electron chi connectivity index (χ1n) is 15.8. The maximum Gasteiger partial charge on any atom is 0.264 e. The van der Waals surface area contributed by atoms with Crippen LogP contribution in [0.1, 0.15) is 41.5 Å². The Labute approximate surface area is 328 Å². The molecule has 0 spiro atoms. The third-order valence-corrected chi connectivity index (χ3v) is 11.7. The number of carbonyl (C=O) groups excluding carboxylic acids is 3. The molecule has 3 amide bonds. The SMILES string of the molecule is Cn1cc(C(=O)NCc2ccc(Cl)cc2)c(=O)c2cc(C(=O)N3CCOCC3)sc21.O=C(NCc1ccc(Cl)cc1)c1c[nH]c2sc(I)cc2c1=O. The van der Waals surface area contributed by atoms with Crippen LogP contribution in [0.4, 0.5) is 0 Å². The number of nitrogens with zero attached hydrogens (tertiary/aromatic N) is 2. The number of H-pyrrole nitrogens is 1. The van der Waals surface area contributed by atoms with Crippen molar-refractivity contribution in [2.24, 2.45) is 7.05 Å². The second kappa shape index (κ2) is 16.7. The van der Waals surface area contributed by atoms with Crippen molar-refractivity contribution in [2.75, 3.05) is 26.3 Å². The molecule has 1 aliphatic rings. The van der Waals surface area contributed by atoms with Gasteiger partial charge in [0.15, 0.2) is 0 Å². The number of pyridine rings is 2. The molecule has 268 valence electrons. The van der Waals surface area contributed by atoms with Gasteiger partial charge in [-0.05, 0) is 70.1 Å². The van der Waals surface area contributed by atoms with E-state index in [0.29, 0.717) is 63.4 Å². The van der Waals surface area contributed by atoms with Gasteiger partial charge < -0.3 is 29.8 Å². The summed E-state index contributed by atoms with van der Waals surface area (Å²) < 4.78 is 8.01. The quantitative estimate of drug-likeness (QED) is 0.158. The number of aromatic nitrogens is 2.